The third-order valence-electron chi connectivity index (χ3n) is 2.85. The van der Waals surface area contributed by atoms with Crippen molar-refractivity contribution in [1.82, 2.24) is 15.3 Å². The maximum absolute atomic E-state index is 12.4. The van der Waals surface area contributed by atoms with E-state index in [2.05, 4.69) is 16.3 Å². The van der Waals surface area contributed by atoms with Gasteiger partial charge in [0.05, 0.1) is 18.1 Å². The standard InChI is InChI=1S/C14H23N5O2S/c1-6-8-19(13(20)18(5)21-7-2)12-17-16-11(22-12)9-14(3,4)10-15/h6-9H2,1-5H3. The average Bonchev–Trinajstić information content (AvgIpc) is 2.91. The normalized spacial score (nSPS) is 11.1. The van der Waals surface area contributed by atoms with Crippen LogP contribution in [0.2, 0.25) is 0 Å². The van der Waals surface area contributed by atoms with Gasteiger partial charge in [0.1, 0.15) is 5.01 Å². The molecule has 0 N–H and O–H groups in total. The molecule has 0 bridgehead atoms. The van der Waals surface area contributed by atoms with Crippen molar-refractivity contribution in [3.63, 3.8) is 0 Å². The van der Waals surface area contributed by atoms with Gasteiger partial charge in [-0.1, -0.05) is 18.3 Å². The molecule has 1 heterocycles. The van der Waals surface area contributed by atoms with Crippen LogP contribution in [0.15, 0.2) is 0 Å². The summed E-state index contributed by atoms with van der Waals surface area (Å²) in [4.78, 5) is 19.2. The van der Waals surface area contributed by atoms with Gasteiger partial charge in [0.25, 0.3) is 0 Å². The summed E-state index contributed by atoms with van der Waals surface area (Å²) in [6, 6.07) is 1.97. The number of carbonyl (C=O) groups is 1. The summed E-state index contributed by atoms with van der Waals surface area (Å²) in [6.07, 6.45) is 1.31. The molecule has 0 aliphatic rings. The molecule has 0 fully saturated rings. The second kappa shape index (κ2) is 8.06. The first-order chi connectivity index (χ1) is 10.3. The highest BCUT2D eigenvalue weighted by molar-refractivity contribution is 7.15. The summed E-state index contributed by atoms with van der Waals surface area (Å²) in [7, 11) is 1.58. The fraction of sp³-hybridized carbons (Fsp3) is 0.714. The van der Waals surface area contributed by atoms with Crippen molar-refractivity contribution in [2.75, 3.05) is 25.1 Å². The van der Waals surface area contributed by atoms with Crippen LogP contribution in [-0.2, 0) is 11.3 Å². The largest absolute Gasteiger partial charge is 0.349 e. The zero-order valence-corrected chi connectivity index (χ0v) is 14.6. The van der Waals surface area contributed by atoms with Gasteiger partial charge in [0.2, 0.25) is 5.13 Å². The minimum atomic E-state index is -0.501. The van der Waals surface area contributed by atoms with Crippen LogP contribution in [0.25, 0.3) is 0 Å². The highest BCUT2D eigenvalue weighted by Gasteiger charge is 2.25. The molecule has 1 aromatic heterocycles. The minimum absolute atomic E-state index is 0.272. The zero-order chi connectivity index (χ0) is 16.8. The number of rotatable bonds is 7. The number of hydroxylamine groups is 2. The number of hydrogen-bond acceptors (Lipinski definition) is 6. The lowest BCUT2D eigenvalue weighted by Crippen LogP contribution is -2.41. The highest BCUT2D eigenvalue weighted by atomic mass is 32.1. The second-order valence-electron chi connectivity index (χ2n) is 5.50. The molecule has 1 aromatic rings. The number of nitrogens with zero attached hydrogens (tertiary/aromatic N) is 5. The first kappa shape index (κ1) is 18.3. The van der Waals surface area contributed by atoms with Crippen molar-refractivity contribution in [1.29, 1.82) is 5.26 Å². The molecular formula is C14H23N5O2S. The van der Waals surface area contributed by atoms with Gasteiger partial charge in [-0.05, 0) is 27.2 Å². The van der Waals surface area contributed by atoms with Crippen molar-refractivity contribution >= 4 is 22.5 Å². The van der Waals surface area contributed by atoms with E-state index in [0.29, 0.717) is 24.7 Å². The number of carbonyl (C=O) groups excluding carboxylic acids is 1. The van der Waals surface area contributed by atoms with Crippen molar-refractivity contribution < 1.29 is 9.63 Å². The van der Waals surface area contributed by atoms with Gasteiger partial charge in [-0.25, -0.2) is 9.86 Å². The van der Waals surface area contributed by atoms with Crippen molar-refractivity contribution in [2.45, 2.75) is 40.5 Å². The number of amides is 2. The van der Waals surface area contributed by atoms with Crippen molar-refractivity contribution in [2.24, 2.45) is 5.41 Å². The Morgan fingerprint density at radius 1 is 1.41 bits per heavy atom. The van der Waals surface area contributed by atoms with Crippen LogP contribution in [0.4, 0.5) is 9.93 Å². The van der Waals surface area contributed by atoms with Crippen LogP contribution in [0.5, 0.6) is 0 Å². The van der Waals surface area contributed by atoms with Crippen LogP contribution < -0.4 is 4.90 Å². The SMILES string of the molecule is CCCN(C(=O)N(C)OCC)c1nnc(CC(C)(C)C#N)s1. The number of urea groups is 1. The van der Waals surface area contributed by atoms with Crippen LogP contribution in [0.1, 0.15) is 39.1 Å². The Morgan fingerprint density at radius 3 is 2.64 bits per heavy atom. The third kappa shape index (κ3) is 4.93. The minimum Gasteiger partial charge on any atom is -0.270 e. The lowest BCUT2D eigenvalue weighted by Gasteiger charge is -2.24. The van der Waals surface area contributed by atoms with E-state index in [1.54, 1.807) is 11.9 Å². The molecule has 0 spiro atoms. The Kier molecular flexibility index (Phi) is 6.71. The van der Waals surface area contributed by atoms with E-state index in [1.165, 1.54) is 16.4 Å². The third-order valence-corrected chi connectivity index (χ3v) is 3.80. The van der Waals surface area contributed by atoms with Crippen LogP contribution in [-0.4, -0.2) is 41.5 Å². The Bertz CT molecular complexity index is 538. The maximum atomic E-state index is 12.4. The zero-order valence-electron chi connectivity index (χ0n) is 13.8. The number of aromatic nitrogens is 2. The molecule has 0 unspecified atom stereocenters. The summed E-state index contributed by atoms with van der Waals surface area (Å²) in [6.45, 7) is 8.47. The first-order valence-electron chi connectivity index (χ1n) is 7.26. The van der Waals surface area contributed by atoms with Gasteiger partial charge in [-0.15, -0.1) is 10.2 Å². The van der Waals surface area contributed by atoms with Gasteiger partial charge in [-0.2, -0.15) is 5.26 Å². The number of nitriles is 1. The molecule has 22 heavy (non-hydrogen) atoms. The summed E-state index contributed by atoms with van der Waals surface area (Å²) < 4.78 is 0. The van der Waals surface area contributed by atoms with Crippen molar-refractivity contribution in [3.8, 4) is 6.07 Å². The maximum Gasteiger partial charge on any atom is 0.349 e. The van der Waals surface area contributed by atoms with E-state index in [4.69, 9.17) is 10.1 Å². The summed E-state index contributed by atoms with van der Waals surface area (Å²) in [5.41, 5.74) is -0.501. The molecule has 122 valence electrons. The van der Waals surface area contributed by atoms with E-state index < -0.39 is 5.41 Å². The topological polar surface area (TPSA) is 82.3 Å². The average molecular weight is 325 g/mol. The van der Waals surface area contributed by atoms with Gasteiger partial charge < -0.3 is 0 Å². The smallest absolute Gasteiger partial charge is 0.270 e. The predicted molar refractivity (Wildman–Crippen MR) is 85.4 cm³/mol. The van der Waals surface area contributed by atoms with Gasteiger partial charge >= 0.3 is 6.03 Å². The molecule has 2 amide bonds. The summed E-state index contributed by atoms with van der Waals surface area (Å²) in [5, 5.41) is 19.8. The van der Waals surface area contributed by atoms with Gasteiger partial charge in [-0.3, -0.25) is 9.74 Å². The highest BCUT2D eigenvalue weighted by Crippen LogP contribution is 2.27. The molecule has 0 atom stereocenters. The molecular weight excluding hydrogens is 302 g/mol. The monoisotopic (exact) mass is 325 g/mol. The van der Waals surface area contributed by atoms with E-state index >= 15 is 0 Å². The van der Waals surface area contributed by atoms with E-state index in [0.717, 1.165) is 11.4 Å². The number of anilines is 1. The second-order valence-corrected chi connectivity index (χ2v) is 6.54. The van der Waals surface area contributed by atoms with Crippen LogP contribution in [0, 0.1) is 16.7 Å². The summed E-state index contributed by atoms with van der Waals surface area (Å²) >= 11 is 1.34. The van der Waals surface area contributed by atoms with E-state index in [1.807, 2.05) is 27.7 Å². The van der Waals surface area contributed by atoms with Crippen LogP contribution >= 0.6 is 11.3 Å². The molecule has 0 radical (unpaired) electrons. The molecule has 8 heteroatoms. The fourth-order valence-corrected chi connectivity index (χ4v) is 2.85. The molecule has 0 aliphatic heterocycles. The molecule has 0 saturated heterocycles. The predicted octanol–water partition coefficient (Wildman–Crippen LogP) is 2.85. The van der Waals surface area contributed by atoms with Gasteiger partial charge in [0.15, 0.2) is 0 Å². The quantitative estimate of drug-likeness (QED) is 0.720. The Morgan fingerprint density at radius 2 is 2.09 bits per heavy atom. The lowest BCUT2D eigenvalue weighted by atomic mass is 9.92. The molecule has 1 rings (SSSR count). The lowest BCUT2D eigenvalue weighted by molar-refractivity contribution is -0.0900. The van der Waals surface area contributed by atoms with Crippen molar-refractivity contribution in [3.05, 3.63) is 5.01 Å². The molecule has 0 aliphatic carbocycles. The van der Waals surface area contributed by atoms with Crippen LogP contribution in [0.3, 0.4) is 0 Å². The Balaban J connectivity index is 2.92. The molecule has 0 aromatic carbocycles. The first-order valence-corrected chi connectivity index (χ1v) is 8.08. The van der Waals surface area contributed by atoms with Gasteiger partial charge in [0, 0.05) is 20.0 Å². The Hall–Kier alpha value is -1.72. The number of hydrogen-bond donors (Lipinski definition) is 0. The molecule has 0 saturated carbocycles. The van der Waals surface area contributed by atoms with E-state index in [9.17, 15) is 4.79 Å². The summed E-state index contributed by atoms with van der Waals surface area (Å²) in [5.74, 6) is 0. The fourth-order valence-electron chi connectivity index (χ4n) is 1.76. The molecule has 7 nitrogen and oxygen atoms in total. The van der Waals surface area contributed by atoms with E-state index in [-0.39, 0.29) is 6.03 Å². The Labute approximate surface area is 135 Å².